The molecule has 3 rings (SSSR count). The Morgan fingerprint density at radius 1 is 0.893 bits per heavy atom. The van der Waals surface area contributed by atoms with Crippen LogP contribution in [-0.4, -0.2) is 11.9 Å². The molecule has 0 fully saturated rings. The van der Waals surface area contributed by atoms with Gasteiger partial charge in [0.25, 0.3) is 5.91 Å². The number of nitrogens with one attached hydrogen (secondary N) is 1. The van der Waals surface area contributed by atoms with Gasteiger partial charge in [-0.3, -0.25) is 4.79 Å². The minimum Gasteiger partial charge on any atom is -0.338 e. The van der Waals surface area contributed by atoms with Gasteiger partial charge < -0.3 is 4.84 Å². The molecule has 3 aromatic rings. The summed E-state index contributed by atoms with van der Waals surface area (Å²) in [4.78, 5) is 29.3. The van der Waals surface area contributed by atoms with E-state index < -0.39 is 11.9 Å². The number of halogens is 1. The first kappa shape index (κ1) is 19.7. The van der Waals surface area contributed by atoms with E-state index in [1.165, 1.54) is 0 Å². The van der Waals surface area contributed by atoms with E-state index in [2.05, 4.69) is 38.3 Å². The summed E-state index contributed by atoms with van der Waals surface area (Å²) in [6, 6.07) is 21.0. The number of azo groups is 1. The fourth-order valence-corrected chi connectivity index (χ4v) is 2.96. The Hall–Kier alpha value is -3.07. The Balaban J connectivity index is 1.59. The summed E-state index contributed by atoms with van der Waals surface area (Å²) in [5.41, 5.74) is 5.54. The fourth-order valence-electron chi connectivity index (χ4n) is 2.35. The number of aryl methyl sites for hydroxylation is 1. The molecule has 0 saturated carbocycles. The maximum atomic E-state index is 12.1. The van der Waals surface area contributed by atoms with Crippen molar-refractivity contribution in [3.05, 3.63) is 93.1 Å². The van der Waals surface area contributed by atoms with Crippen LogP contribution in [0.5, 0.6) is 0 Å². The van der Waals surface area contributed by atoms with Crippen LogP contribution in [0.15, 0.2) is 83.0 Å². The second kappa shape index (κ2) is 9.23. The number of amides is 1. The van der Waals surface area contributed by atoms with Gasteiger partial charge in [0.2, 0.25) is 0 Å². The minimum atomic E-state index is -0.474. The van der Waals surface area contributed by atoms with Crippen molar-refractivity contribution in [1.82, 2.24) is 0 Å². The van der Waals surface area contributed by atoms with Crippen LogP contribution in [0, 0.1) is 10.5 Å². The lowest BCUT2D eigenvalue weighted by Crippen LogP contribution is -2.11. The third-order valence-corrected chi connectivity index (χ3v) is 4.80. The molecule has 3 aromatic carbocycles. The molecule has 0 spiro atoms. The molecule has 0 unspecified atom stereocenters. The molecule has 6 nitrogen and oxygen atoms in total. The average Bonchev–Trinajstić information content (AvgIpc) is 2.71. The van der Waals surface area contributed by atoms with Crippen molar-refractivity contribution >= 4 is 45.8 Å². The van der Waals surface area contributed by atoms with E-state index in [-0.39, 0.29) is 0 Å². The van der Waals surface area contributed by atoms with E-state index in [1.807, 2.05) is 31.2 Å². The summed E-state index contributed by atoms with van der Waals surface area (Å²) in [6.07, 6.45) is 0. The normalized spacial score (nSPS) is 10.6. The predicted molar refractivity (Wildman–Crippen MR) is 115 cm³/mol. The highest BCUT2D eigenvalue weighted by Crippen LogP contribution is 2.19. The van der Waals surface area contributed by atoms with Gasteiger partial charge in [-0.15, -0.1) is 10.2 Å². The minimum absolute atomic E-state index is 0.397. The largest absolute Gasteiger partial charge is 0.363 e. The van der Waals surface area contributed by atoms with Crippen LogP contribution in [0.3, 0.4) is 0 Å². The van der Waals surface area contributed by atoms with Crippen molar-refractivity contribution < 1.29 is 14.4 Å². The van der Waals surface area contributed by atoms with Crippen molar-refractivity contribution in [1.29, 1.82) is 0 Å². The van der Waals surface area contributed by atoms with Gasteiger partial charge in [0.05, 0.1) is 16.9 Å². The molecule has 1 amide bonds. The van der Waals surface area contributed by atoms with Gasteiger partial charge >= 0.3 is 5.97 Å². The molecule has 7 heteroatoms. The van der Waals surface area contributed by atoms with E-state index in [4.69, 9.17) is 4.84 Å². The Morgan fingerprint density at radius 3 is 2.21 bits per heavy atom. The van der Waals surface area contributed by atoms with E-state index in [9.17, 15) is 9.59 Å². The second-order valence-electron chi connectivity index (χ2n) is 5.84. The molecule has 0 radical (unpaired) electrons. The van der Waals surface area contributed by atoms with Crippen LogP contribution >= 0.6 is 22.6 Å². The maximum absolute atomic E-state index is 12.1. The lowest BCUT2D eigenvalue weighted by Gasteiger charge is -2.07. The molecule has 0 atom stereocenters. The number of carbonyl (C=O) groups excluding carboxylic acids is 2. The van der Waals surface area contributed by atoms with Crippen molar-refractivity contribution in [2.75, 3.05) is 5.48 Å². The molecule has 0 saturated heterocycles. The SMILES string of the molecule is Cc1ccccc1C(=O)N=Nc1ccc(NOC(=O)c2ccccc2I)cc1. The number of rotatable bonds is 5. The number of benzene rings is 3. The molecule has 0 bridgehead atoms. The summed E-state index contributed by atoms with van der Waals surface area (Å²) in [7, 11) is 0. The van der Waals surface area contributed by atoms with Crippen LogP contribution in [-0.2, 0) is 4.84 Å². The molecule has 1 N–H and O–H groups in total. The number of anilines is 1. The molecule has 140 valence electrons. The third kappa shape index (κ3) is 5.01. The van der Waals surface area contributed by atoms with Crippen LogP contribution in [0.4, 0.5) is 11.4 Å². The Bertz CT molecular complexity index is 1030. The van der Waals surface area contributed by atoms with Gasteiger partial charge in [-0.1, -0.05) is 30.3 Å². The third-order valence-electron chi connectivity index (χ3n) is 3.85. The quantitative estimate of drug-likeness (QED) is 0.285. The molecule has 0 aliphatic rings. The van der Waals surface area contributed by atoms with E-state index in [1.54, 1.807) is 48.5 Å². The summed E-state index contributed by atoms with van der Waals surface area (Å²) in [5.74, 6) is -0.871. The van der Waals surface area contributed by atoms with E-state index >= 15 is 0 Å². The highest BCUT2D eigenvalue weighted by molar-refractivity contribution is 14.1. The highest BCUT2D eigenvalue weighted by Gasteiger charge is 2.11. The van der Waals surface area contributed by atoms with Crippen LogP contribution in [0.2, 0.25) is 0 Å². The summed E-state index contributed by atoms with van der Waals surface area (Å²) in [6.45, 7) is 1.85. The van der Waals surface area contributed by atoms with Crippen molar-refractivity contribution in [3.8, 4) is 0 Å². The molecule has 0 aliphatic carbocycles. The zero-order chi connectivity index (χ0) is 19.9. The van der Waals surface area contributed by atoms with Crippen LogP contribution in [0.1, 0.15) is 26.3 Å². The standard InChI is InChI=1S/C21H16IN3O3/c1-14-6-2-3-7-17(14)20(26)24-23-15-10-12-16(13-11-15)25-28-21(27)18-8-4-5-9-19(18)22/h2-13,25H,1H3. The smallest absolute Gasteiger partial charge is 0.338 e. The number of hydrogen-bond donors (Lipinski definition) is 1. The topological polar surface area (TPSA) is 80.1 Å². The fraction of sp³-hybridized carbons (Fsp3) is 0.0476. The zero-order valence-corrected chi connectivity index (χ0v) is 17.1. The Morgan fingerprint density at radius 2 is 1.54 bits per heavy atom. The highest BCUT2D eigenvalue weighted by atomic mass is 127. The lowest BCUT2D eigenvalue weighted by molar-refractivity contribution is 0.0595. The van der Waals surface area contributed by atoms with Crippen molar-refractivity contribution in [3.63, 3.8) is 0 Å². The van der Waals surface area contributed by atoms with Crippen molar-refractivity contribution in [2.45, 2.75) is 6.92 Å². The molecule has 0 heterocycles. The van der Waals surface area contributed by atoms with Gasteiger partial charge in [-0.2, -0.15) is 0 Å². The first-order valence-electron chi connectivity index (χ1n) is 8.38. The zero-order valence-electron chi connectivity index (χ0n) is 14.9. The van der Waals surface area contributed by atoms with Crippen LogP contribution < -0.4 is 5.48 Å². The van der Waals surface area contributed by atoms with E-state index in [0.29, 0.717) is 22.5 Å². The molecule has 0 aromatic heterocycles. The van der Waals surface area contributed by atoms with Crippen molar-refractivity contribution in [2.24, 2.45) is 10.2 Å². The maximum Gasteiger partial charge on any atom is 0.363 e. The van der Waals surface area contributed by atoms with Gasteiger partial charge in [-0.25, -0.2) is 10.3 Å². The molecular formula is C21H16IN3O3. The number of nitrogens with zero attached hydrogens (tertiary/aromatic N) is 2. The van der Waals surface area contributed by atoms with Gasteiger partial charge in [0.1, 0.15) is 0 Å². The number of carbonyl (C=O) groups is 2. The van der Waals surface area contributed by atoms with E-state index in [0.717, 1.165) is 9.13 Å². The monoisotopic (exact) mass is 485 g/mol. The summed E-state index contributed by atoms with van der Waals surface area (Å²) in [5, 5.41) is 7.72. The Labute approximate surface area is 175 Å². The van der Waals surface area contributed by atoms with Gasteiger partial charge in [0, 0.05) is 9.13 Å². The van der Waals surface area contributed by atoms with Crippen LogP contribution in [0.25, 0.3) is 0 Å². The average molecular weight is 485 g/mol. The molecule has 28 heavy (non-hydrogen) atoms. The second-order valence-corrected chi connectivity index (χ2v) is 7.00. The lowest BCUT2D eigenvalue weighted by atomic mass is 10.1. The van der Waals surface area contributed by atoms with Gasteiger partial charge in [0.15, 0.2) is 0 Å². The summed E-state index contributed by atoms with van der Waals surface area (Å²) >= 11 is 2.08. The predicted octanol–water partition coefficient (Wildman–Crippen LogP) is 5.71. The number of hydrogen-bond acceptors (Lipinski definition) is 5. The molecular weight excluding hydrogens is 469 g/mol. The first-order valence-corrected chi connectivity index (χ1v) is 9.46. The van der Waals surface area contributed by atoms with Gasteiger partial charge in [-0.05, 0) is 77.5 Å². The first-order chi connectivity index (χ1) is 13.5. The molecule has 0 aliphatic heterocycles. The Kier molecular flexibility index (Phi) is 6.49. The summed E-state index contributed by atoms with van der Waals surface area (Å²) < 4.78 is 0.806.